The predicted octanol–water partition coefficient (Wildman–Crippen LogP) is 1.19. The quantitative estimate of drug-likeness (QED) is 0.289. The van der Waals surface area contributed by atoms with Gasteiger partial charge in [0.25, 0.3) is 0 Å². The molecule has 2 heteroatoms. The Morgan fingerprint density at radius 3 is 2.71 bits per heavy atom. The lowest BCUT2D eigenvalue weighted by molar-refractivity contribution is 0.492. The van der Waals surface area contributed by atoms with Crippen molar-refractivity contribution in [1.29, 1.82) is 0 Å². The topological polar surface area (TPSA) is 21.6 Å². The summed E-state index contributed by atoms with van der Waals surface area (Å²) in [6, 6.07) is 0. The van der Waals surface area contributed by atoms with Crippen molar-refractivity contribution in [3.63, 3.8) is 0 Å². The minimum Gasteiger partial charge on any atom is -0.454 e. The summed E-state index contributed by atoms with van der Waals surface area (Å²) in [7, 11) is 1.66. The summed E-state index contributed by atoms with van der Waals surface area (Å²) in [5.74, 6) is 0. The van der Waals surface area contributed by atoms with Gasteiger partial charge >= 0.3 is 0 Å². The van der Waals surface area contributed by atoms with Gasteiger partial charge in [-0.15, -0.1) is 0 Å². The van der Waals surface area contributed by atoms with Crippen molar-refractivity contribution in [2.75, 3.05) is 7.05 Å². The van der Waals surface area contributed by atoms with E-state index in [1.807, 2.05) is 6.92 Å². The van der Waals surface area contributed by atoms with Gasteiger partial charge in [0, 0.05) is 7.05 Å². The molecular weight excluding hydrogens is 90.1 g/mol. The molecule has 0 saturated carbocycles. The summed E-state index contributed by atoms with van der Waals surface area (Å²) >= 11 is 0. The highest BCUT2D eigenvalue weighted by atomic mass is 16.5. The van der Waals surface area contributed by atoms with Crippen LogP contribution in [0.3, 0.4) is 0 Å². The second-order valence-electron chi connectivity index (χ2n) is 0.969. The Balaban J connectivity index is 2.98. The normalized spacial score (nSPS) is 11.1. The number of allylic oxidation sites excluding steroid dienone is 1. The van der Waals surface area contributed by atoms with Crippen molar-refractivity contribution in [1.82, 2.24) is 0 Å². The molecule has 0 unspecified atom stereocenters. The van der Waals surface area contributed by atoms with Gasteiger partial charge in [-0.3, -0.25) is 4.99 Å². The first-order valence-electron chi connectivity index (χ1n) is 2.09. The van der Waals surface area contributed by atoms with Gasteiger partial charge in [-0.25, -0.2) is 0 Å². The Bertz CT molecular complexity index is 66.1. The lowest BCUT2D eigenvalue weighted by Crippen LogP contribution is -1.71. The predicted molar refractivity (Wildman–Crippen MR) is 30.3 cm³/mol. The van der Waals surface area contributed by atoms with E-state index in [-0.39, 0.29) is 0 Å². The zero-order valence-electron chi connectivity index (χ0n) is 4.59. The Kier molecular flexibility index (Phi) is 4.62. The fourth-order valence-electron chi connectivity index (χ4n) is 0.175. The van der Waals surface area contributed by atoms with Gasteiger partial charge in [0.2, 0.25) is 0 Å². The van der Waals surface area contributed by atoms with Gasteiger partial charge in [0.15, 0.2) is 6.40 Å². The average molecular weight is 99.1 g/mol. The second-order valence-corrected chi connectivity index (χ2v) is 0.969. The molecule has 0 aliphatic heterocycles. The van der Waals surface area contributed by atoms with Crippen LogP contribution in [0.15, 0.2) is 17.3 Å². The van der Waals surface area contributed by atoms with E-state index in [4.69, 9.17) is 0 Å². The molecule has 0 aromatic heterocycles. The van der Waals surface area contributed by atoms with E-state index in [9.17, 15) is 0 Å². The monoisotopic (exact) mass is 99.1 g/mol. The maximum absolute atomic E-state index is 4.66. The van der Waals surface area contributed by atoms with Crippen molar-refractivity contribution >= 4 is 6.40 Å². The number of hydrogen-bond donors (Lipinski definition) is 0. The van der Waals surface area contributed by atoms with E-state index in [2.05, 4.69) is 9.73 Å². The Morgan fingerprint density at radius 2 is 2.29 bits per heavy atom. The fourth-order valence-corrected chi connectivity index (χ4v) is 0.175. The molecule has 0 bridgehead atoms. The molecule has 0 heterocycles. The first-order chi connectivity index (χ1) is 3.41. The van der Waals surface area contributed by atoms with Gasteiger partial charge in [-0.2, -0.15) is 0 Å². The lowest BCUT2D eigenvalue weighted by atomic mass is 10.7. The van der Waals surface area contributed by atoms with Crippen LogP contribution in [-0.2, 0) is 4.74 Å². The van der Waals surface area contributed by atoms with Crippen molar-refractivity contribution in [2.45, 2.75) is 6.92 Å². The van der Waals surface area contributed by atoms with Crippen molar-refractivity contribution in [3.05, 3.63) is 12.3 Å². The molecular formula is C5H9NO. The summed E-state index contributed by atoms with van der Waals surface area (Å²) in [4.78, 5) is 3.57. The van der Waals surface area contributed by atoms with E-state index in [0.29, 0.717) is 0 Å². The van der Waals surface area contributed by atoms with Crippen molar-refractivity contribution < 1.29 is 4.74 Å². The molecule has 0 spiro atoms. The Labute approximate surface area is 43.5 Å². The zero-order chi connectivity index (χ0) is 5.54. The maximum atomic E-state index is 4.66. The third-order valence-electron chi connectivity index (χ3n) is 0.381. The minimum absolute atomic E-state index is 1.38. The maximum Gasteiger partial charge on any atom is 0.175 e. The summed E-state index contributed by atoms with van der Waals surface area (Å²) in [6.45, 7) is 1.88. The lowest BCUT2D eigenvalue weighted by Gasteiger charge is -1.81. The summed E-state index contributed by atoms with van der Waals surface area (Å²) in [5.41, 5.74) is 0. The van der Waals surface area contributed by atoms with Gasteiger partial charge in [-0.1, -0.05) is 6.08 Å². The summed E-state index contributed by atoms with van der Waals surface area (Å²) in [6.07, 6.45) is 4.73. The van der Waals surface area contributed by atoms with Crippen LogP contribution in [0, 0.1) is 0 Å². The van der Waals surface area contributed by atoms with E-state index < -0.39 is 0 Å². The van der Waals surface area contributed by atoms with E-state index >= 15 is 0 Å². The molecule has 0 rings (SSSR count). The highest BCUT2D eigenvalue weighted by molar-refractivity contribution is 5.46. The number of ether oxygens (including phenoxy) is 1. The number of aliphatic imine (C=N–C) groups is 1. The summed E-state index contributed by atoms with van der Waals surface area (Å²) < 4.78 is 4.66. The van der Waals surface area contributed by atoms with Gasteiger partial charge in [-0.05, 0) is 6.92 Å². The highest BCUT2D eigenvalue weighted by Gasteiger charge is 1.58. The van der Waals surface area contributed by atoms with Gasteiger partial charge in [0.1, 0.15) is 0 Å². The van der Waals surface area contributed by atoms with Crippen LogP contribution in [0.4, 0.5) is 0 Å². The van der Waals surface area contributed by atoms with Crippen molar-refractivity contribution in [2.24, 2.45) is 4.99 Å². The van der Waals surface area contributed by atoms with Crippen LogP contribution in [0.1, 0.15) is 6.92 Å². The van der Waals surface area contributed by atoms with Crippen LogP contribution >= 0.6 is 0 Å². The van der Waals surface area contributed by atoms with Crippen molar-refractivity contribution in [3.8, 4) is 0 Å². The molecule has 0 saturated heterocycles. The molecule has 0 fully saturated rings. The third-order valence-corrected chi connectivity index (χ3v) is 0.381. The first kappa shape index (κ1) is 6.21. The standard InChI is InChI=1S/C5H9NO/c1-3-4-7-5-6-2/h3-5H,1-2H3. The number of rotatable bonds is 2. The molecule has 0 atom stereocenters. The summed E-state index contributed by atoms with van der Waals surface area (Å²) in [5, 5.41) is 0. The molecule has 0 amide bonds. The van der Waals surface area contributed by atoms with Crippen LogP contribution in [0.5, 0.6) is 0 Å². The fraction of sp³-hybridized carbons (Fsp3) is 0.400. The molecule has 40 valence electrons. The van der Waals surface area contributed by atoms with Gasteiger partial charge < -0.3 is 4.74 Å². The molecule has 2 nitrogen and oxygen atoms in total. The number of nitrogens with zero attached hydrogens (tertiary/aromatic N) is 1. The van der Waals surface area contributed by atoms with Gasteiger partial charge in [0.05, 0.1) is 6.26 Å². The zero-order valence-corrected chi connectivity index (χ0v) is 4.59. The molecule has 0 aromatic rings. The minimum atomic E-state index is 1.38. The van der Waals surface area contributed by atoms with E-state index in [1.165, 1.54) is 6.40 Å². The van der Waals surface area contributed by atoms with E-state index in [0.717, 1.165) is 0 Å². The molecule has 0 aromatic carbocycles. The molecule has 0 radical (unpaired) electrons. The largest absolute Gasteiger partial charge is 0.454 e. The van der Waals surface area contributed by atoms with E-state index in [1.54, 1.807) is 19.4 Å². The second kappa shape index (κ2) is 5.21. The average Bonchev–Trinajstić information content (AvgIpc) is 1.69. The van der Waals surface area contributed by atoms with Crippen LogP contribution in [0.25, 0.3) is 0 Å². The molecule has 7 heavy (non-hydrogen) atoms. The van der Waals surface area contributed by atoms with Crippen LogP contribution < -0.4 is 0 Å². The Hall–Kier alpha value is -0.790. The SMILES string of the molecule is CC=COC=NC. The number of hydrogen-bond acceptors (Lipinski definition) is 2. The third kappa shape index (κ3) is 5.21. The molecule has 0 aliphatic carbocycles. The Morgan fingerprint density at radius 1 is 1.57 bits per heavy atom. The van der Waals surface area contributed by atoms with Crippen LogP contribution in [0.2, 0.25) is 0 Å². The van der Waals surface area contributed by atoms with Crippen LogP contribution in [-0.4, -0.2) is 13.4 Å². The molecule has 0 N–H and O–H groups in total. The molecule has 0 aliphatic rings. The smallest absolute Gasteiger partial charge is 0.175 e. The highest BCUT2D eigenvalue weighted by Crippen LogP contribution is 1.68. The first-order valence-corrected chi connectivity index (χ1v) is 2.09.